The Morgan fingerprint density at radius 3 is 1.50 bits per heavy atom. The van der Waals surface area contributed by atoms with Gasteiger partial charge in [-0.15, -0.1) is 12.6 Å². The predicted octanol–water partition coefficient (Wildman–Crippen LogP) is 13.8. The zero-order valence-corrected chi connectivity index (χ0v) is 28.4. The van der Waals surface area contributed by atoms with Gasteiger partial charge < -0.3 is 0 Å². The van der Waals surface area contributed by atoms with Gasteiger partial charge in [-0.25, -0.2) is 0 Å². The van der Waals surface area contributed by atoms with Crippen LogP contribution in [0.2, 0.25) is 0 Å². The molecule has 0 N–H and O–H groups in total. The molecule has 0 fully saturated rings. The molecule has 0 nitrogen and oxygen atoms in total. The quantitative estimate of drug-likeness (QED) is 0.137. The summed E-state index contributed by atoms with van der Waals surface area (Å²) in [4.78, 5) is 0.998. The van der Waals surface area contributed by atoms with E-state index >= 15 is 0 Å². The molecule has 8 aromatic carbocycles. The summed E-state index contributed by atoms with van der Waals surface area (Å²) in [5, 5.41) is 10.2. The van der Waals surface area contributed by atoms with Crippen LogP contribution < -0.4 is 0 Å². The summed E-state index contributed by atoms with van der Waals surface area (Å²) in [5.41, 5.74) is 10.9. The highest BCUT2D eigenvalue weighted by Gasteiger charge is 2.42. The lowest BCUT2D eigenvalue weighted by atomic mass is 9.70. The first-order valence-corrected chi connectivity index (χ1v) is 17.9. The standard InChI is InChI=1S/C47H38S/c1-3-20-47(21-4-2)45-27-35(39-15-9-14-34-22-30-10-5-7-12-32(30)25-42(34)39)16-18-40(45)41-19-17-36(28-46(41)47)44-29-38(48)24-37-23-31-11-6-8-13-33(31)26-43(37)44/h5-19,22-29,48H,3-4,20-21H2,1-2H3. The zero-order chi connectivity index (χ0) is 32.4. The fourth-order valence-corrected chi connectivity index (χ4v) is 9.11. The number of rotatable bonds is 6. The summed E-state index contributed by atoms with van der Waals surface area (Å²) < 4.78 is 0. The van der Waals surface area contributed by atoms with Crippen molar-refractivity contribution in [3.05, 3.63) is 151 Å². The third kappa shape index (κ3) is 4.52. The Morgan fingerprint density at radius 1 is 0.417 bits per heavy atom. The Morgan fingerprint density at radius 2 is 0.917 bits per heavy atom. The molecular formula is C47H38S. The van der Waals surface area contributed by atoms with Gasteiger partial charge in [0.15, 0.2) is 0 Å². The lowest BCUT2D eigenvalue weighted by Gasteiger charge is -2.32. The van der Waals surface area contributed by atoms with Crippen molar-refractivity contribution in [2.75, 3.05) is 0 Å². The third-order valence-electron chi connectivity index (χ3n) is 10.9. The first-order chi connectivity index (χ1) is 23.6. The molecule has 0 amide bonds. The summed E-state index contributed by atoms with van der Waals surface area (Å²) in [6.07, 6.45) is 4.53. The highest BCUT2D eigenvalue weighted by Crippen LogP contribution is 2.55. The van der Waals surface area contributed by atoms with Gasteiger partial charge in [0, 0.05) is 10.3 Å². The van der Waals surface area contributed by atoms with Crippen molar-refractivity contribution in [2.45, 2.75) is 49.8 Å². The maximum absolute atomic E-state index is 4.89. The van der Waals surface area contributed by atoms with E-state index in [1.54, 1.807) is 0 Å². The highest BCUT2D eigenvalue weighted by molar-refractivity contribution is 7.80. The van der Waals surface area contributed by atoms with E-state index in [0.717, 1.165) is 30.6 Å². The minimum Gasteiger partial charge on any atom is -0.143 e. The molecule has 1 aliphatic rings. The molecule has 0 saturated carbocycles. The molecule has 9 rings (SSSR count). The highest BCUT2D eigenvalue weighted by atomic mass is 32.1. The van der Waals surface area contributed by atoms with E-state index in [4.69, 9.17) is 12.6 Å². The minimum absolute atomic E-state index is 0.0292. The molecule has 0 radical (unpaired) electrons. The number of benzene rings is 8. The Labute approximate surface area is 288 Å². The maximum Gasteiger partial charge on any atom is 0.0215 e. The van der Waals surface area contributed by atoms with Crippen molar-refractivity contribution >= 4 is 55.7 Å². The Bertz CT molecular complexity index is 2550. The first kappa shape index (κ1) is 29.3. The van der Waals surface area contributed by atoms with Gasteiger partial charge in [-0.1, -0.05) is 118 Å². The Balaban J connectivity index is 1.24. The molecule has 0 aliphatic heterocycles. The van der Waals surface area contributed by atoms with Gasteiger partial charge >= 0.3 is 0 Å². The molecule has 0 unspecified atom stereocenters. The summed E-state index contributed by atoms with van der Waals surface area (Å²) in [5.74, 6) is 0. The molecule has 0 bridgehead atoms. The molecule has 1 aliphatic carbocycles. The Kier molecular flexibility index (Phi) is 6.95. The van der Waals surface area contributed by atoms with Gasteiger partial charge in [0.25, 0.3) is 0 Å². The monoisotopic (exact) mass is 634 g/mol. The van der Waals surface area contributed by atoms with Crippen LogP contribution in [0.4, 0.5) is 0 Å². The van der Waals surface area contributed by atoms with Gasteiger partial charge in [0.05, 0.1) is 0 Å². The van der Waals surface area contributed by atoms with Gasteiger partial charge in [0.1, 0.15) is 0 Å². The molecule has 0 aromatic heterocycles. The summed E-state index contributed by atoms with van der Waals surface area (Å²) in [6, 6.07) is 52.6. The van der Waals surface area contributed by atoms with Gasteiger partial charge in [-0.3, -0.25) is 0 Å². The van der Waals surface area contributed by atoms with E-state index < -0.39 is 0 Å². The van der Waals surface area contributed by atoms with Crippen molar-refractivity contribution < 1.29 is 0 Å². The van der Waals surface area contributed by atoms with E-state index in [2.05, 4.69) is 153 Å². The van der Waals surface area contributed by atoms with Crippen molar-refractivity contribution in [1.82, 2.24) is 0 Å². The summed E-state index contributed by atoms with van der Waals surface area (Å²) in [6.45, 7) is 4.70. The van der Waals surface area contributed by atoms with E-state index in [9.17, 15) is 0 Å². The number of thiol groups is 1. The zero-order valence-electron chi connectivity index (χ0n) is 27.6. The fourth-order valence-electron chi connectivity index (χ4n) is 8.84. The van der Waals surface area contributed by atoms with Crippen molar-refractivity contribution in [3.63, 3.8) is 0 Å². The lowest BCUT2D eigenvalue weighted by molar-refractivity contribution is 0.436. The minimum atomic E-state index is -0.0292. The van der Waals surface area contributed by atoms with Crippen LogP contribution in [-0.2, 0) is 5.41 Å². The first-order valence-electron chi connectivity index (χ1n) is 17.4. The molecule has 1 heteroatoms. The van der Waals surface area contributed by atoms with Gasteiger partial charge in [-0.2, -0.15) is 0 Å². The van der Waals surface area contributed by atoms with Gasteiger partial charge in [0.2, 0.25) is 0 Å². The fraction of sp³-hybridized carbons (Fsp3) is 0.149. The van der Waals surface area contributed by atoms with E-state index in [1.165, 1.54) is 87.6 Å². The van der Waals surface area contributed by atoms with E-state index in [-0.39, 0.29) is 5.41 Å². The van der Waals surface area contributed by atoms with Crippen molar-refractivity contribution in [1.29, 1.82) is 0 Å². The maximum atomic E-state index is 4.89. The Hall–Kier alpha value is -4.85. The normalized spacial score (nSPS) is 13.4. The SMILES string of the molecule is CCCC1(CCC)c2cc(-c3cccc4cc5ccccc5cc34)ccc2-c2ccc(-c3cc(S)cc4cc5ccccc5cc34)cc21. The van der Waals surface area contributed by atoms with E-state index in [0.29, 0.717) is 0 Å². The predicted molar refractivity (Wildman–Crippen MR) is 211 cm³/mol. The van der Waals surface area contributed by atoms with Crippen LogP contribution in [0.1, 0.15) is 50.7 Å². The van der Waals surface area contributed by atoms with Crippen LogP contribution in [-0.4, -0.2) is 0 Å². The van der Waals surface area contributed by atoms with Crippen LogP contribution in [0, 0.1) is 0 Å². The second kappa shape index (κ2) is 11.4. The molecule has 0 spiro atoms. The number of hydrogen-bond acceptors (Lipinski definition) is 1. The van der Waals surface area contributed by atoms with Crippen LogP contribution in [0.5, 0.6) is 0 Å². The average Bonchev–Trinajstić information content (AvgIpc) is 3.37. The smallest absolute Gasteiger partial charge is 0.0215 e. The third-order valence-corrected chi connectivity index (χ3v) is 11.1. The average molecular weight is 635 g/mol. The van der Waals surface area contributed by atoms with Crippen molar-refractivity contribution in [3.8, 4) is 33.4 Å². The van der Waals surface area contributed by atoms with Crippen LogP contribution in [0.25, 0.3) is 76.5 Å². The molecule has 0 heterocycles. The second-order valence-electron chi connectivity index (χ2n) is 13.7. The van der Waals surface area contributed by atoms with Crippen molar-refractivity contribution in [2.24, 2.45) is 0 Å². The van der Waals surface area contributed by atoms with Crippen LogP contribution >= 0.6 is 12.6 Å². The van der Waals surface area contributed by atoms with E-state index in [1.807, 2.05) is 0 Å². The largest absolute Gasteiger partial charge is 0.143 e. The molecule has 48 heavy (non-hydrogen) atoms. The number of hydrogen-bond donors (Lipinski definition) is 1. The number of fused-ring (bicyclic) bond motifs is 7. The van der Waals surface area contributed by atoms with Crippen LogP contribution in [0.3, 0.4) is 0 Å². The lowest BCUT2D eigenvalue weighted by Crippen LogP contribution is -2.25. The van der Waals surface area contributed by atoms with Crippen LogP contribution in [0.15, 0.2) is 144 Å². The topological polar surface area (TPSA) is 0 Å². The van der Waals surface area contributed by atoms with Gasteiger partial charge in [-0.05, 0) is 149 Å². The molecule has 0 atom stereocenters. The summed E-state index contributed by atoms with van der Waals surface area (Å²) in [7, 11) is 0. The molecule has 0 saturated heterocycles. The molecule has 8 aromatic rings. The second-order valence-corrected chi connectivity index (χ2v) is 14.3. The summed E-state index contributed by atoms with van der Waals surface area (Å²) >= 11 is 4.89. The molecular weight excluding hydrogens is 597 g/mol. The molecule has 232 valence electrons.